The zero-order chi connectivity index (χ0) is 17.1. The van der Waals surface area contributed by atoms with Crippen molar-refractivity contribution < 1.29 is 9.18 Å². The summed E-state index contributed by atoms with van der Waals surface area (Å²) in [7, 11) is 0. The van der Waals surface area contributed by atoms with E-state index in [4.69, 9.17) is 23.2 Å². The molecule has 0 saturated heterocycles. The highest BCUT2D eigenvalue weighted by atomic mass is 35.5. The molecule has 1 amide bonds. The van der Waals surface area contributed by atoms with Crippen molar-refractivity contribution in [2.75, 3.05) is 5.32 Å². The van der Waals surface area contributed by atoms with E-state index in [1.165, 1.54) is 12.1 Å². The van der Waals surface area contributed by atoms with Crippen molar-refractivity contribution in [1.29, 1.82) is 0 Å². The van der Waals surface area contributed by atoms with E-state index in [0.29, 0.717) is 21.3 Å². The molecule has 0 saturated carbocycles. The van der Waals surface area contributed by atoms with Gasteiger partial charge in [0.1, 0.15) is 12.4 Å². The Morgan fingerprint density at radius 3 is 2.62 bits per heavy atom. The van der Waals surface area contributed by atoms with Gasteiger partial charge in [0, 0.05) is 21.3 Å². The summed E-state index contributed by atoms with van der Waals surface area (Å²) in [5, 5.41) is 15.1. The molecule has 0 aliphatic carbocycles. The molecule has 1 heterocycles. The highest BCUT2D eigenvalue weighted by Gasteiger charge is 2.10. The molecule has 1 aromatic heterocycles. The average Bonchev–Trinajstić information content (AvgIpc) is 2.94. The summed E-state index contributed by atoms with van der Waals surface area (Å²) in [6, 6.07) is 10.5. The third kappa shape index (κ3) is 4.06. The van der Waals surface area contributed by atoms with Gasteiger partial charge in [-0.25, -0.2) is 4.39 Å². The van der Waals surface area contributed by atoms with Crippen molar-refractivity contribution in [3.63, 3.8) is 0 Å². The van der Waals surface area contributed by atoms with Crippen molar-refractivity contribution in [3.8, 4) is 11.4 Å². The van der Waals surface area contributed by atoms with Crippen molar-refractivity contribution in [2.24, 2.45) is 0 Å². The normalized spacial score (nSPS) is 10.6. The second-order valence-corrected chi connectivity index (χ2v) is 5.73. The minimum Gasteiger partial charge on any atom is -0.324 e. The molecule has 0 fully saturated rings. The van der Waals surface area contributed by atoms with Crippen LogP contribution in [0.2, 0.25) is 10.0 Å². The summed E-state index contributed by atoms with van der Waals surface area (Å²) in [5.41, 5.74) is 0.936. The molecule has 0 unspecified atom stereocenters. The van der Waals surface area contributed by atoms with Gasteiger partial charge in [0.05, 0.1) is 0 Å². The molecule has 0 aliphatic heterocycles. The molecule has 3 aromatic rings. The molecule has 3 rings (SSSR count). The van der Waals surface area contributed by atoms with Gasteiger partial charge in [-0.1, -0.05) is 35.3 Å². The van der Waals surface area contributed by atoms with Gasteiger partial charge in [-0.05, 0) is 35.5 Å². The third-order valence-electron chi connectivity index (χ3n) is 2.97. The van der Waals surface area contributed by atoms with Crippen LogP contribution in [0.25, 0.3) is 11.4 Å². The first-order chi connectivity index (χ1) is 11.5. The fourth-order valence-corrected chi connectivity index (χ4v) is 2.53. The molecule has 2 aromatic carbocycles. The standard InChI is InChI=1S/C15H10Cl2FN5O/c16-10-5-11(17)7-13(6-10)19-14(24)8-23-21-15(20-22-23)9-2-1-3-12(18)4-9/h1-7H,8H2,(H,19,24). The maximum absolute atomic E-state index is 13.2. The number of nitrogens with zero attached hydrogens (tertiary/aromatic N) is 4. The van der Waals surface area contributed by atoms with Crippen molar-refractivity contribution in [2.45, 2.75) is 6.54 Å². The van der Waals surface area contributed by atoms with Crippen LogP contribution in [-0.2, 0) is 11.3 Å². The molecule has 6 nitrogen and oxygen atoms in total. The highest BCUT2D eigenvalue weighted by Crippen LogP contribution is 2.22. The van der Waals surface area contributed by atoms with Gasteiger partial charge in [-0.3, -0.25) is 4.79 Å². The largest absolute Gasteiger partial charge is 0.324 e. The fraction of sp³-hybridized carbons (Fsp3) is 0.0667. The summed E-state index contributed by atoms with van der Waals surface area (Å²) < 4.78 is 13.2. The van der Waals surface area contributed by atoms with Crippen LogP contribution in [-0.4, -0.2) is 26.1 Å². The number of hydrogen-bond acceptors (Lipinski definition) is 4. The summed E-state index contributed by atoms with van der Waals surface area (Å²) in [6.45, 7) is -0.160. The lowest BCUT2D eigenvalue weighted by atomic mass is 10.2. The Kier molecular flexibility index (Phi) is 4.73. The average molecular weight is 366 g/mol. The van der Waals surface area contributed by atoms with Gasteiger partial charge < -0.3 is 5.32 Å². The summed E-state index contributed by atoms with van der Waals surface area (Å²) in [4.78, 5) is 13.1. The number of rotatable bonds is 4. The van der Waals surface area contributed by atoms with Gasteiger partial charge in [0.15, 0.2) is 0 Å². The Morgan fingerprint density at radius 2 is 1.92 bits per heavy atom. The minimum absolute atomic E-state index is 0.160. The number of carbonyl (C=O) groups is 1. The quantitative estimate of drug-likeness (QED) is 0.768. The molecular formula is C15H10Cl2FN5O. The third-order valence-corrected chi connectivity index (χ3v) is 3.40. The van der Waals surface area contributed by atoms with Crippen LogP contribution in [0.15, 0.2) is 42.5 Å². The van der Waals surface area contributed by atoms with E-state index >= 15 is 0 Å². The number of halogens is 3. The van der Waals surface area contributed by atoms with E-state index in [-0.39, 0.29) is 18.3 Å². The molecule has 9 heteroatoms. The first kappa shape index (κ1) is 16.4. The Hall–Kier alpha value is -2.51. The SMILES string of the molecule is O=C(Cn1nnc(-c2cccc(F)c2)n1)Nc1cc(Cl)cc(Cl)c1. The second kappa shape index (κ2) is 6.94. The van der Waals surface area contributed by atoms with Crippen LogP contribution in [0, 0.1) is 5.82 Å². The molecule has 0 bridgehead atoms. The van der Waals surface area contributed by atoms with E-state index in [1.807, 2.05) is 0 Å². The molecule has 24 heavy (non-hydrogen) atoms. The number of aromatic nitrogens is 4. The number of carbonyl (C=O) groups excluding carboxylic acids is 1. The lowest BCUT2D eigenvalue weighted by Gasteiger charge is -2.05. The van der Waals surface area contributed by atoms with E-state index in [9.17, 15) is 9.18 Å². The van der Waals surface area contributed by atoms with E-state index in [2.05, 4.69) is 20.7 Å². The van der Waals surface area contributed by atoms with Gasteiger partial charge in [0.2, 0.25) is 11.7 Å². The van der Waals surface area contributed by atoms with Crippen LogP contribution >= 0.6 is 23.2 Å². The summed E-state index contributed by atoms with van der Waals surface area (Å²) in [5.74, 6) is -0.552. The monoisotopic (exact) mass is 365 g/mol. The predicted molar refractivity (Wildman–Crippen MR) is 88.3 cm³/mol. The zero-order valence-electron chi connectivity index (χ0n) is 12.1. The Morgan fingerprint density at radius 1 is 1.17 bits per heavy atom. The number of tetrazole rings is 1. The van der Waals surface area contributed by atoms with Crippen molar-refractivity contribution >= 4 is 34.8 Å². The van der Waals surface area contributed by atoms with Gasteiger partial charge in [-0.15, -0.1) is 10.2 Å². The Balaban J connectivity index is 1.69. The zero-order valence-corrected chi connectivity index (χ0v) is 13.6. The van der Waals surface area contributed by atoms with E-state index < -0.39 is 5.82 Å². The van der Waals surface area contributed by atoms with Crippen LogP contribution in [0.4, 0.5) is 10.1 Å². The minimum atomic E-state index is -0.403. The number of hydrogen-bond donors (Lipinski definition) is 1. The van der Waals surface area contributed by atoms with Gasteiger partial charge in [-0.2, -0.15) is 4.80 Å². The number of amides is 1. The van der Waals surface area contributed by atoms with E-state index in [0.717, 1.165) is 4.80 Å². The van der Waals surface area contributed by atoms with Crippen molar-refractivity contribution in [1.82, 2.24) is 20.2 Å². The first-order valence-electron chi connectivity index (χ1n) is 6.79. The number of benzene rings is 2. The smallest absolute Gasteiger partial charge is 0.248 e. The first-order valence-corrected chi connectivity index (χ1v) is 7.55. The maximum atomic E-state index is 13.2. The Bertz CT molecular complexity index is 879. The number of nitrogens with one attached hydrogen (secondary N) is 1. The highest BCUT2D eigenvalue weighted by molar-refractivity contribution is 6.35. The molecule has 1 N–H and O–H groups in total. The molecule has 0 atom stereocenters. The molecular weight excluding hydrogens is 356 g/mol. The topological polar surface area (TPSA) is 72.7 Å². The fourth-order valence-electron chi connectivity index (χ4n) is 2.01. The van der Waals surface area contributed by atoms with Crippen LogP contribution in [0.3, 0.4) is 0 Å². The lowest BCUT2D eigenvalue weighted by molar-refractivity contribution is -0.117. The van der Waals surface area contributed by atoms with Gasteiger partial charge >= 0.3 is 0 Å². The summed E-state index contributed by atoms with van der Waals surface area (Å²) in [6.07, 6.45) is 0. The Labute approximate surface area is 146 Å². The molecule has 122 valence electrons. The van der Waals surface area contributed by atoms with Crippen LogP contribution < -0.4 is 5.32 Å². The van der Waals surface area contributed by atoms with E-state index in [1.54, 1.807) is 30.3 Å². The van der Waals surface area contributed by atoms with Crippen LogP contribution in [0.5, 0.6) is 0 Å². The van der Waals surface area contributed by atoms with Crippen molar-refractivity contribution in [3.05, 3.63) is 58.3 Å². The number of anilines is 1. The lowest BCUT2D eigenvalue weighted by Crippen LogP contribution is -2.20. The molecule has 0 radical (unpaired) electrons. The second-order valence-electron chi connectivity index (χ2n) is 4.86. The predicted octanol–water partition coefficient (Wildman–Crippen LogP) is 3.42. The van der Waals surface area contributed by atoms with Crippen LogP contribution in [0.1, 0.15) is 0 Å². The maximum Gasteiger partial charge on any atom is 0.248 e. The molecule has 0 aliphatic rings. The molecule has 0 spiro atoms. The van der Waals surface area contributed by atoms with Gasteiger partial charge in [0.25, 0.3) is 0 Å². The summed E-state index contributed by atoms with van der Waals surface area (Å²) >= 11 is 11.7.